The number of aliphatic hydroxyl groups is 1. The standard InChI is InChI=1S/C11H16ClNO.C3H4O3.ClH.H2O/c1-8(2)13-7-11(14)9-5-3-4-6-10(9)12;1-2(4)3(5)6;;/h3-6,8,11,13-14H,7H2,1-2H3;1H3,(H,5,6);1H;1H2. The van der Waals surface area contributed by atoms with Gasteiger partial charge in [0.1, 0.15) is 0 Å². The number of carbonyl (C=O) groups excluding carboxylic acids is 1. The number of carboxylic acids is 1. The van der Waals surface area contributed by atoms with E-state index in [1.165, 1.54) is 0 Å². The molecule has 8 heteroatoms. The van der Waals surface area contributed by atoms with Gasteiger partial charge < -0.3 is 21.0 Å². The fourth-order valence-electron chi connectivity index (χ4n) is 1.20. The van der Waals surface area contributed by atoms with Crippen LogP contribution in [0.25, 0.3) is 0 Å². The Morgan fingerprint density at radius 3 is 2.09 bits per heavy atom. The molecule has 0 radical (unpaired) electrons. The summed E-state index contributed by atoms with van der Waals surface area (Å²) in [6.07, 6.45) is -0.536. The largest absolute Gasteiger partial charge is 0.476 e. The SMILES string of the molecule is CC(=O)C(=O)O.CC(C)NCC(O)c1ccccc1Cl.Cl.O. The third-order valence-corrected chi connectivity index (χ3v) is 2.63. The van der Waals surface area contributed by atoms with Crippen molar-refractivity contribution >= 4 is 35.8 Å². The van der Waals surface area contributed by atoms with E-state index in [1.54, 1.807) is 6.07 Å². The van der Waals surface area contributed by atoms with Crippen molar-refractivity contribution in [2.75, 3.05) is 6.54 Å². The molecule has 1 aromatic rings. The van der Waals surface area contributed by atoms with Crippen molar-refractivity contribution in [3.8, 4) is 0 Å². The van der Waals surface area contributed by atoms with E-state index in [1.807, 2.05) is 32.0 Å². The molecule has 0 aromatic heterocycles. The van der Waals surface area contributed by atoms with Gasteiger partial charge in [0.15, 0.2) is 0 Å². The second-order valence-electron chi connectivity index (χ2n) is 4.46. The zero-order chi connectivity index (χ0) is 15.7. The summed E-state index contributed by atoms with van der Waals surface area (Å²) in [4.78, 5) is 18.9. The summed E-state index contributed by atoms with van der Waals surface area (Å²) < 4.78 is 0. The number of carboxylic acid groups (broad SMARTS) is 1. The fourth-order valence-corrected chi connectivity index (χ4v) is 1.46. The molecule has 0 spiro atoms. The number of rotatable bonds is 5. The summed E-state index contributed by atoms with van der Waals surface area (Å²) in [6, 6.07) is 7.73. The summed E-state index contributed by atoms with van der Waals surface area (Å²) >= 11 is 5.95. The number of Topliss-reactive ketones (excluding diaryl/α,β-unsaturated/α-hetero) is 1. The first kappa shape index (κ1) is 25.8. The summed E-state index contributed by atoms with van der Waals surface area (Å²) in [7, 11) is 0. The fraction of sp³-hybridized carbons (Fsp3) is 0.429. The second kappa shape index (κ2) is 13.5. The summed E-state index contributed by atoms with van der Waals surface area (Å²) in [6.45, 7) is 5.61. The summed E-state index contributed by atoms with van der Waals surface area (Å²) in [5.74, 6) is -2.20. The molecule has 1 rings (SSSR count). The average Bonchev–Trinajstić information content (AvgIpc) is 2.37. The number of hydrogen-bond donors (Lipinski definition) is 3. The van der Waals surface area contributed by atoms with Gasteiger partial charge in [-0.15, -0.1) is 12.4 Å². The van der Waals surface area contributed by atoms with Crippen LogP contribution in [0.3, 0.4) is 0 Å². The Balaban J connectivity index is -0.000000392. The van der Waals surface area contributed by atoms with Crippen LogP contribution in [0, 0.1) is 0 Å². The molecule has 0 aliphatic heterocycles. The molecule has 22 heavy (non-hydrogen) atoms. The Morgan fingerprint density at radius 2 is 1.73 bits per heavy atom. The van der Waals surface area contributed by atoms with E-state index in [0.29, 0.717) is 17.6 Å². The lowest BCUT2D eigenvalue weighted by atomic mass is 10.1. The van der Waals surface area contributed by atoms with Crippen LogP contribution in [0.15, 0.2) is 24.3 Å². The van der Waals surface area contributed by atoms with E-state index >= 15 is 0 Å². The van der Waals surface area contributed by atoms with Gasteiger partial charge in [0.05, 0.1) is 6.10 Å². The van der Waals surface area contributed by atoms with Crippen molar-refractivity contribution in [1.29, 1.82) is 0 Å². The Labute approximate surface area is 141 Å². The number of halogens is 2. The zero-order valence-corrected chi connectivity index (χ0v) is 14.2. The quantitative estimate of drug-likeness (QED) is 0.693. The topological polar surface area (TPSA) is 118 Å². The molecule has 1 unspecified atom stereocenters. The Morgan fingerprint density at radius 1 is 1.27 bits per heavy atom. The van der Waals surface area contributed by atoms with Gasteiger partial charge in [-0.25, -0.2) is 4.79 Å². The molecule has 0 heterocycles. The van der Waals surface area contributed by atoms with Crippen LogP contribution in [-0.2, 0) is 9.59 Å². The minimum absolute atomic E-state index is 0. The molecule has 0 aliphatic rings. The predicted molar refractivity (Wildman–Crippen MR) is 88.7 cm³/mol. The molecule has 0 fully saturated rings. The molecule has 0 saturated carbocycles. The van der Waals surface area contributed by atoms with Crippen LogP contribution in [0.5, 0.6) is 0 Å². The minimum Gasteiger partial charge on any atom is -0.476 e. The van der Waals surface area contributed by atoms with E-state index in [2.05, 4.69) is 5.32 Å². The maximum atomic E-state index is 9.80. The highest BCUT2D eigenvalue weighted by Crippen LogP contribution is 2.21. The van der Waals surface area contributed by atoms with Gasteiger partial charge >= 0.3 is 5.97 Å². The average molecular weight is 356 g/mol. The highest BCUT2D eigenvalue weighted by atomic mass is 35.5. The smallest absolute Gasteiger partial charge is 0.371 e. The molecule has 0 amide bonds. The van der Waals surface area contributed by atoms with Gasteiger partial charge in [0.2, 0.25) is 5.78 Å². The van der Waals surface area contributed by atoms with Crippen LogP contribution in [0.2, 0.25) is 5.02 Å². The Hall–Kier alpha value is -1.18. The third-order valence-electron chi connectivity index (χ3n) is 2.28. The number of aliphatic hydroxyl groups excluding tert-OH is 1. The molecule has 128 valence electrons. The number of hydrogen-bond acceptors (Lipinski definition) is 4. The van der Waals surface area contributed by atoms with Crippen LogP contribution >= 0.6 is 24.0 Å². The van der Waals surface area contributed by atoms with Crippen LogP contribution in [0.4, 0.5) is 0 Å². The van der Waals surface area contributed by atoms with Crippen molar-refractivity contribution in [1.82, 2.24) is 5.32 Å². The molecule has 1 aromatic carbocycles. The van der Waals surface area contributed by atoms with Crippen LogP contribution in [-0.4, -0.2) is 40.0 Å². The van der Waals surface area contributed by atoms with Crippen molar-refractivity contribution in [3.05, 3.63) is 34.9 Å². The maximum absolute atomic E-state index is 9.80. The van der Waals surface area contributed by atoms with E-state index in [-0.39, 0.29) is 17.9 Å². The van der Waals surface area contributed by atoms with Crippen molar-refractivity contribution < 1.29 is 25.3 Å². The lowest BCUT2D eigenvalue weighted by Gasteiger charge is -2.15. The monoisotopic (exact) mass is 355 g/mol. The summed E-state index contributed by atoms with van der Waals surface area (Å²) in [5, 5.41) is 21.2. The van der Waals surface area contributed by atoms with Crippen LogP contribution in [0.1, 0.15) is 32.4 Å². The van der Waals surface area contributed by atoms with Gasteiger partial charge in [0, 0.05) is 30.1 Å². The van der Waals surface area contributed by atoms with E-state index in [4.69, 9.17) is 16.7 Å². The van der Waals surface area contributed by atoms with Crippen molar-refractivity contribution in [3.63, 3.8) is 0 Å². The van der Waals surface area contributed by atoms with E-state index in [9.17, 15) is 14.7 Å². The first-order valence-electron chi connectivity index (χ1n) is 6.15. The van der Waals surface area contributed by atoms with Gasteiger partial charge in [-0.05, 0) is 6.07 Å². The van der Waals surface area contributed by atoms with E-state index in [0.717, 1.165) is 12.5 Å². The maximum Gasteiger partial charge on any atom is 0.371 e. The lowest BCUT2D eigenvalue weighted by Crippen LogP contribution is -2.27. The molecule has 6 nitrogen and oxygen atoms in total. The number of aliphatic carboxylic acids is 1. The lowest BCUT2D eigenvalue weighted by molar-refractivity contribution is -0.148. The molecule has 0 aliphatic carbocycles. The normalized spacial score (nSPS) is 10.5. The highest BCUT2D eigenvalue weighted by molar-refractivity contribution is 6.31. The number of nitrogens with one attached hydrogen (secondary N) is 1. The molecular weight excluding hydrogens is 333 g/mol. The molecule has 0 saturated heterocycles. The first-order valence-corrected chi connectivity index (χ1v) is 6.53. The second-order valence-corrected chi connectivity index (χ2v) is 4.87. The van der Waals surface area contributed by atoms with Gasteiger partial charge in [-0.1, -0.05) is 43.6 Å². The van der Waals surface area contributed by atoms with Crippen molar-refractivity contribution in [2.24, 2.45) is 0 Å². The number of ketones is 1. The van der Waals surface area contributed by atoms with Crippen LogP contribution < -0.4 is 5.32 Å². The molecule has 1 atom stereocenters. The molecular formula is C14H23Cl2NO5. The summed E-state index contributed by atoms with van der Waals surface area (Å²) in [5.41, 5.74) is 0.780. The Kier molecular flexibility index (Phi) is 15.8. The van der Waals surface area contributed by atoms with Gasteiger partial charge in [-0.2, -0.15) is 0 Å². The van der Waals surface area contributed by atoms with Gasteiger partial charge in [-0.3, -0.25) is 4.79 Å². The minimum atomic E-state index is -1.38. The first-order chi connectivity index (χ1) is 9.25. The van der Waals surface area contributed by atoms with E-state index < -0.39 is 17.9 Å². The predicted octanol–water partition coefficient (Wildman–Crippen LogP) is 1.63. The third kappa shape index (κ3) is 11.5. The Bertz CT molecular complexity index is 443. The molecule has 5 N–H and O–H groups in total. The zero-order valence-electron chi connectivity index (χ0n) is 12.7. The number of benzene rings is 1. The number of carbonyl (C=O) groups is 2. The van der Waals surface area contributed by atoms with Gasteiger partial charge in [0.25, 0.3) is 0 Å². The highest BCUT2D eigenvalue weighted by Gasteiger charge is 2.10. The molecule has 0 bridgehead atoms. The van der Waals surface area contributed by atoms with Crippen molar-refractivity contribution in [2.45, 2.75) is 32.9 Å².